The second-order valence-electron chi connectivity index (χ2n) is 6.90. The normalized spacial score (nSPS) is 20.2. The number of amides is 2. The van der Waals surface area contributed by atoms with Crippen LogP contribution in [0, 0.1) is 6.92 Å². The zero-order chi connectivity index (χ0) is 18.8. The van der Waals surface area contributed by atoms with Gasteiger partial charge in [0.25, 0.3) is 0 Å². The summed E-state index contributed by atoms with van der Waals surface area (Å²) in [4.78, 5) is 25.7. The van der Waals surface area contributed by atoms with E-state index >= 15 is 0 Å². The zero-order valence-corrected chi connectivity index (χ0v) is 15.2. The summed E-state index contributed by atoms with van der Waals surface area (Å²) >= 11 is 6.32. The largest absolute Gasteiger partial charge is 0.325 e. The number of aromatic nitrogens is 2. The van der Waals surface area contributed by atoms with Crippen LogP contribution in [0.4, 0.5) is 11.5 Å². The van der Waals surface area contributed by atoms with Gasteiger partial charge in [-0.1, -0.05) is 41.4 Å². The van der Waals surface area contributed by atoms with Gasteiger partial charge in [0, 0.05) is 17.7 Å². The van der Waals surface area contributed by atoms with E-state index in [1.165, 1.54) is 0 Å². The molecule has 3 heterocycles. The first-order valence-corrected chi connectivity index (χ1v) is 8.94. The first kappa shape index (κ1) is 16.1. The lowest BCUT2D eigenvalue weighted by atomic mass is 9.71. The number of halogens is 1. The second kappa shape index (κ2) is 5.44. The fourth-order valence-electron chi connectivity index (χ4n) is 4.01. The molecular weight excluding hydrogens is 364 g/mol. The van der Waals surface area contributed by atoms with E-state index in [1.54, 1.807) is 16.9 Å². The molecule has 7 heteroatoms. The van der Waals surface area contributed by atoms with Crippen molar-refractivity contribution in [3.63, 3.8) is 0 Å². The van der Waals surface area contributed by atoms with Gasteiger partial charge in [-0.3, -0.25) is 9.59 Å². The minimum Gasteiger partial charge on any atom is -0.325 e. The van der Waals surface area contributed by atoms with Crippen LogP contribution in [0.15, 0.2) is 48.7 Å². The molecule has 1 unspecified atom stereocenters. The van der Waals surface area contributed by atoms with E-state index in [-0.39, 0.29) is 18.2 Å². The highest BCUT2D eigenvalue weighted by atomic mass is 35.5. The summed E-state index contributed by atoms with van der Waals surface area (Å²) in [5.41, 5.74) is 2.79. The maximum absolute atomic E-state index is 13.1. The van der Waals surface area contributed by atoms with Gasteiger partial charge in [0.15, 0.2) is 0 Å². The molecule has 3 aromatic rings. The van der Waals surface area contributed by atoms with Gasteiger partial charge in [-0.15, -0.1) is 0 Å². The molecule has 0 bridgehead atoms. The molecule has 27 heavy (non-hydrogen) atoms. The van der Waals surface area contributed by atoms with Crippen molar-refractivity contribution in [2.75, 3.05) is 10.6 Å². The molecular formula is C20H15ClN4O2. The van der Waals surface area contributed by atoms with Crippen molar-refractivity contribution in [1.82, 2.24) is 9.78 Å². The number of fused-ring (bicyclic) bond motifs is 4. The van der Waals surface area contributed by atoms with E-state index in [9.17, 15) is 9.59 Å². The van der Waals surface area contributed by atoms with Gasteiger partial charge in [0.1, 0.15) is 11.2 Å². The summed E-state index contributed by atoms with van der Waals surface area (Å²) in [5.74, 6) is 0.0302. The highest BCUT2D eigenvalue weighted by Crippen LogP contribution is 2.50. The molecule has 1 aromatic heterocycles. The highest BCUT2D eigenvalue weighted by Gasteiger charge is 2.54. The summed E-state index contributed by atoms with van der Waals surface area (Å²) in [6.45, 7) is 1.97. The Bertz CT molecular complexity index is 1140. The lowest BCUT2D eigenvalue weighted by Crippen LogP contribution is -2.43. The molecule has 0 fully saturated rings. The Labute approximate surface area is 160 Å². The Balaban J connectivity index is 1.79. The quantitative estimate of drug-likeness (QED) is 0.681. The number of nitrogens with zero attached hydrogens (tertiary/aromatic N) is 2. The molecule has 0 saturated heterocycles. The number of para-hydroxylation sites is 1. The third-order valence-electron chi connectivity index (χ3n) is 5.26. The fourth-order valence-corrected chi connectivity index (χ4v) is 4.23. The number of nitrogens with one attached hydrogen (secondary N) is 2. The number of rotatable bonds is 1. The number of hydrogen-bond donors (Lipinski definition) is 2. The molecule has 2 aliphatic heterocycles. The Morgan fingerprint density at radius 3 is 2.74 bits per heavy atom. The van der Waals surface area contributed by atoms with Crippen LogP contribution in [-0.4, -0.2) is 21.6 Å². The fraction of sp³-hybridized carbons (Fsp3) is 0.150. The van der Waals surface area contributed by atoms with Gasteiger partial charge in [-0.25, -0.2) is 4.68 Å². The molecule has 2 N–H and O–H groups in total. The molecule has 0 radical (unpaired) electrons. The topological polar surface area (TPSA) is 76.0 Å². The predicted molar refractivity (Wildman–Crippen MR) is 102 cm³/mol. The average Bonchev–Trinajstić information content (AvgIpc) is 3.16. The van der Waals surface area contributed by atoms with E-state index in [1.807, 2.05) is 43.3 Å². The van der Waals surface area contributed by atoms with Gasteiger partial charge in [0.05, 0.1) is 16.9 Å². The van der Waals surface area contributed by atoms with Crippen molar-refractivity contribution in [2.45, 2.75) is 18.8 Å². The summed E-state index contributed by atoms with van der Waals surface area (Å²) in [6.07, 6.45) is 1.69. The van der Waals surface area contributed by atoms with Crippen LogP contribution in [0.1, 0.15) is 23.1 Å². The third-order valence-corrected chi connectivity index (χ3v) is 5.58. The van der Waals surface area contributed by atoms with Crippen LogP contribution in [-0.2, 0) is 15.0 Å². The maximum atomic E-state index is 13.1. The molecule has 2 amide bonds. The van der Waals surface area contributed by atoms with Crippen LogP contribution in [0.2, 0.25) is 5.02 Å². The molecule has 5 rings (SSSR count). The van der Waals surface area contributed by atoms with Crippen molar-refractivity contribution >= 4 is 34.9 Å². The Hall–Kier alpha value is -3.12. The van der Waals surface area contributed by atoms with Crippen molar-refractivity contribution in [3.8, 4) is 5.69 Å². The minimum absolute atomic E-state index is 0.0382. The lowest BCUT2D eigenvalue weighted by molar-refractivity contribution is -0.125. The van der Waals surface area contributed by atoms with E-state index in [0.29, 0.717) is 22.1 Å². The maximum Gasteiger partial charge on any atom is 0.240 e. The first-order valence-electron chi connectivity index (χ1n) is 8.56. The standard InChI is InChI=1S/C20H15ClN4O2/c1-11-6-7-15-12(8-11)20(19(27)23-15)9-17(26)24-18-13(20)10-22-25(18)16-5-3-2-4-14(16)21/h2-8,10H,9H2,1H3,(H,23,27)(H,24,26). The van der Waals surface area contributed by atoms with Crippen molar-refractivity contribution in [3.05, 3.63) is 70.4 Å². The number of hydrogen-bond acceptors (Lipinski definition) is 3. The van der Waals surface area contributed by atoms with Crippen LogP contribution >= 0.6 is 11.6 Å². The number of benzene rings is 2. The third kappa shape index (κ3) is 2.10. The smallest absolute Gasteiger partial charge is 0.240 e. The summed E-state index contributed by atoms with van der Waals surface area (Å²) in [5, 5.41) is 10.8. The Morgan fingerprint density at radius 1 is 1.11 bits per heavy atom. The monoisotopic (exact) mass is 378 g/mol. The van der Waals surface area contributed by atoms with Crippen molar-refractivity contribution in [1.29, 1.82) is 0 Å². The molecule has 2 aromatic carbocycles. The molecule has 2 aliphatic rings. The molecule has 1 spiro atoms. The van der Waals surface area contributed by atoms with Crippen LogP contribution < -0.4 is 10.6 Å². The van der Waals surface area contributed by atoms with Gasteiger partial charge in [-0.2, -0.15) is 5.10 Å². The average molecular weight is 379 g/mol. The van der Waals surface area contributed by atoms with E-state index in [4.69, 9.17) is 11.6 Å². The number of aryl methyl sites for hydroxylation is 1. The van der Waals surface area contributed by atoms with Crippen LogP contribution in [0.5, 0.6) is 0 Å². The Kier molecular flexibility index (Phi) is 3.24. The summed E-state index contributed by atoms with van der Waals surface area (Å²) in [7, 11) is 0. The molecule has 6 nitrogen and oxygen atoms in total. The van der Waals surface area contributed by atoms with E-state index in [0.717, 1.165) is 16.8 Å². The van der Waals surface area contributed by atoms with Crippen LogP contribution in [0.25, 0.3) is 5.69 Å². The first-order chi connectivity index (χ1) is 13.0. The van der Waals surface area contributed by atoms with Gasteiger partial charge in [-0.05, 0) is 30.7 Å². The van der Waals surface area contributed by atoms with Crippen molar-refractivity contribution in [2.24, 2.45) is 0 Å². The number of carbonyl (C=O) groups is 2. The minimum atomic E-state index is -1.08. The van der Waals surface area contributed by atoms with Crippen LogP contribution in [0.3, 0.4) is 0 Å². The highest BCUT2D eigenvalue weighted by molar-refractivity contribution is 6.32. The van der Waals surface area contributed by atoms with Gasteiger partial charge >= 0.3 is 0 Å². The molecule has 1 atom stereocenters. The second-order valence-corrected chi connectivity index (χ2v) is 7.31. The Morgan fingerprint density at radius 2 is 1.93 bits per heavy atom. The number of carbonyl (C=O) groups excluding carboxylic acids is 2. The molecule has 134 valence electrons. The van der Waals surface area contributed by atoms with Crippen molar-refractivity contribution < 1.29 is 9.59 Å². The lowest BCUT2D eigenvalue weighted by Gasteiger charge is -2.31. The van der Waals surface area contributed by atoms with Gasteiger partial charge < -0.3 is 10.6 Å². The zero-order valence-electron chi connectivity index (χ0n) is 14.4. The summed E-state index contributed by atoms with van der Waals surface area (Å²) < 4.78 is 1.58. The molecule has 0 saturated carbocycles. The van der Waals surface area contributed by atoms with Gasteiger partial charge in [0.2, 0.25) is 11.8 Å². The predicted octanol–water partition coefficient (Wildman–Crippen LogP) is 3.41. The SMILES string of the molecule is Cc1ccc2c(c1)C1(CC(=O)Nc3c1cnn3-c1ccccc1Cl)C(=O)N2. The van der Waals surface area contributed by atoms with E-state index < -0.39 is 5.41 Å². The van der Waals surface area contributed by atoms with E-state index in [2.05, 4.69) is 15.7 Å². The molecule has 0 aliphatic carbocycles. The summed E-state index contributed by atoms with van der Waals surface area (Å²) in [6, 6.07) is 13.0. The number of anilines is 2.